The molecule has 0 aliphatic rings. The lowest BCUT2D eigenvalue weighted by Crippen LogP contribution is -2.15. The Labute approximate surface area is 120 Å². The molecule has 3 N–H and O–H groups in total. The van der Waals surface area contributed by atoms with Gasteiger partial charge in [0.15, 0.2) is 5.69 Å². The van der Waals surface area contributed by atoms with Crippen LogP contribution in [0.3, 0.4) is 0 Å². The van der Waals surface area contributed by atoms with Crippen molar-refractivity contribution in [3.8, 4) is 0 Å². The lowest BCUT2D eigenvalue weighted by atomic mass is 10.3. The lowest BCUT2D eigenvalue weighted by Gasteiger charge is -2.02. The summed E-state index contributed by atoms with van der Waals surface area (Å²) >= 11 is 0. The molecule has 0 saturated heterocycles. The van der Waals surface area contributed by atoms with Gasteiger partial charge >= 0.3 is 0 Å². The van der Waals surface area contributed by atoms with Gasteiger partial charge in [-0.05, 0) is 31.2 Å². The summed E-state index contributed by atoms with van der Waals surface area (Å²) in [7, 11) is 0. The van der Waals surface area contributed by atoms with E-state index in [9.17, 15) is 4.79 Å². The van der Waals surface area contributed by atoms with Crippen LogP contribution in [0.25, 0.3) is 11.0 Å². The molecule has 1 aromatic carbocycles. The largest absolute Gasteiger partial charge is 0.369 e. The number of hydrogen-bond donors (Lipinski definition) is 3. The average Bonchev–Trinajstić information content (AvgIpc) is 2.90. The molecule has 0 fully saturated rings. The van der Waals surface area contributed by atoms with Gasteiger partial charge in [0.25, 0.3) is 5.91 Å². The monoisotopic (exact) mass is 282 g/mol. The number of nitrogens with one attached hydrogen (secondary N) is 3. The number of carbonyl (C=O) groups excluding carboxylic acids is 1. The Balaban J connectivity index is 1.76. The van der Waals surface area contributed by atoms with E-state index in [1.54, 1.807) is 12.1 Å². The zero-order valence-electron chi connectivity index (χ0n) is 11.4. The van der Waals surface area contributed by atoms with Crippen molar-refractivity contribution >= 4 is 28.7 Å². The first-order chi connectivity index (χ1) is 10.3. The van der Waals surface area contributed by atoms with Crippen LogP contribution in [0.2, 0.25) is 0 Å². The van der Waals surface area contributed by atoms with Crippen LogP contribution in [-0.4, -0.2) is 32.6 Å². The number of H-pyrrole nitrogens is 1. The third kappa shape index (κ3) is 2.81. The van der Waals surface area contributed by atoms with E-state index in [-0.39, 0.29) is 11.6 Å². The van der Waals surface area contributed by atoms with Crippen molar-refractivity contribution in [2.24, 2.45) is 0 Å². The van der Waals surface area contributed by atoms with Crippen molar-refractivity contribution in [2.45, 2.75) is 6.92 Å². The molecular formula is C14H14N6O. The molecule has 0 radical (unpaired) electrons. The summed E-state index contributed by atoms with van der Waals surface area (Å²) in [5, 5.41) is 13.5. The van der Waals surface area contributed by atoms with Crippen molar-refractivity contribution in [1.29, 1.82) is 0 Å². The van der Waals surface area contributed by atoms with Crippen LogP contribution >= 0.6 is 0 Å². The molecule has 0 aliphatic heterocycles. The van der Waals surface area contributed by atoms with Crippen LogP contribution in [-0.2, 0) is 0 Å². The molecule has 3 aromatic rings. The maximum atomic E-state index is 12.1. The van der Waals surface area contributed by atoms with E-state index in [4.69, 9.17) is 0 Å². The van der Waals surface area contributed by atoms with Crippen LogP contribution in [0.5, 0.6) is 0 Å². The quantitative estimate of drug-likeness (QED) is 0.680. The van der Waals surface area contributed by atoms with Crippen molar-refractivity contribution < 1.29 is 4.79 Å². The van der Waals surface area contributed by atoms with Crippen LogP contribution in [0.4, 0.5) is 11.8 Å². The molecule has 3 rings (SSSR count). The summed E-state index contributed by atoms with van der Waals surface area (Å²) in [6, 6.07) is 10.9. The molecule has 0 spiro atoms. The molecule has 0 atom stereocenters. The Morgan fingerprint density at radius 3 is 2.76 bits per heavy atom. The van der Waals surface area contributed by atoms with Gasteiger partial charge in [0.2, 0.25) is 5.95 Å². The Bertz CT molecular complexity index is 731. The molecular weight excluding hydrogens is 268 g/mol. The number of para-hydroxylation sites is 2. The summed E-state index contributed by atoms with van der Waals surface area (Å²) in [4.78, 5) is 19.4. The predicted molar refractivity (Wildman–Crippen MR) is 80.2 cm³/mol. The lowest BCUT2D eigenvalue weighted by molar-refractivity contribution is 0.102. The number of aromatic nitrogens is 4. The molecule has 0 aliphatic carbocycles. The number of fused-ring (bicyclic) bond motifs is 1. The first-order valence-electron chi connectivity index (χ1n) is 6.60. The number of amides is 1. The second-order valence-electron chi connectivity index (χ2n) is 4.39. The van der Waals surface area contributed by atoms with Gasteiger partial charge in [-0.3, -0.25) is 10.1 Å². The van der Waals surface area contributed by atoms with Crippen LogP contribution < -0.4 is 10.6 Å². The van der Waals surface area contributed by atoms with E-state index in [1.807, 2.05) is 31.2 Å². The van der Waals surface area contributed by atoms with Crippen LogP contribution in [0.1, 0.15) is 17.4 Å². The summed E-state index contributed by atoms with van der Waals surface area (Å²) in [6.07, 6.45) is 0. The Hall–Kier alpha value is -2.96. The molecule has 2 heterocycles. The molecule has 21 heavy (non-hydrogen) atoms. The molecule has 0 unspecified atom stereocenters. The minimum absolute atomic E-state index is 0.233. The first-order valence-corrected chi connectivity index (χ1v) is 6.60. The molecule has 2 aromatic heterocycles. The fourth-order valence-corrected chi connectivity index (χ4v) is 1.91. The number of rotatable bonds is 4. The van der Waals surface area contributed by atoms with Crippen LogP contribution in [0.15, 0.2) is 36.4 Å². The van der Waals surface area contributed by atoms with Gasteiger partial charge in [0, 0.05) is 6.54 Å². The number of carbonyl (C=O) groups is 1. The predicted octanol–water partition coefficient (Wildman–Crippen LogP) is 2.04. The van der Waals surface area contributed by atoms with Gasteiger partial charge in [-0.25, -0.2) is 4.98 Å². The minimum atomic E-state index is -0.357. The topological polar surface area (TPSA) is 95.6 Å². The molecule has 1 amide bonds. The number of hydrogen-bond acceptors (Lipinski definition) is 5. The molecule has 7 nitrogen and oxygen atoms in total. The van der Waals surface area contributed by atoms with E-state index in [1.165, 1.54) is 0 Å². The number of aromatic amines is 1. The van der Waals surface area contributed by atoms with E-state index in [2.05, 4.69) is 30.8 Å². The maximum Gasteiger partial charge on any atom is 0.278 e. The van der Waals surface area contributed by atoms with E-state index in [0.717, 1.165) is 17.6 Å². The highest BCUT2D eigenvalue weighted by atomic mass is 16.2. The second-order valence-corrected chi connectivity index (χ2v) is 4.39. The Morgan fingerprint density at radius 2 is 2.05 bits per heavy atom. The Kier molecular flexibility index (Phi) is 3.46. The third-order valence-corrected chi connectivity index (χ3v) is 2.88. The highest BCUT2D eigenvalue weighted by molar-refractivity contribution is 6.02. The SMILES string of the molecule is CCNc1ccc(C(=O)Nc2nc3ccccc3[nH]2)nn1. The van der Waals surface area contributed by atoms with Crippen LogP contribution in [0, 0.1) is 0 Å². The number of nitrogens with zero attached hydrogens (tertiary/aromatic N) is 3. The third-order valence-electron chi connectivity index (χ3n) is 2.88. The Morgan fingerprint density at radius 1 is 1.19 bits per heavy atom. The van der Waals surface area contributed by atoms with Gasteiger partial charge in [-0.1, -0.05) is 12.1 Å². The fourth-order valence-electron chi connectivity index (χ4n) is 1.91. The summed E-state index contributed by atoms with van der Waals surface area (Å²) in [5.74, 6) is 0.668. The van der Waals surface area contributed by atoms with E-state index in [0.29, 0.717) is 11.8 Å². The number of imidazole rings is 1. The van der Waals surface area contributed by atoms with Gasteiger partial charge in [0.1, 0.15) is 5.82 Å². The fraction of sp³-hybridized carbons (Fsp3) is 0.143. The standard InChI is InChI=1S/C14H14N6O/c1-2-15-12-8-7-11(19-20-12)13(21)18-14-16-9-5-3-4-6-10(9)17-14/h3-8H,2H2,1H3,(H,15,20)(H2,16,17,18,21). The smallest absolute Gasteiger partial charge is 0.278 e. The van der Waals surface area contributed by atoms with Gasteiger partial charge < -0.3 is 10.3 Å². The molecule has 106 valence electrons. The first kappa shape index (κ1) is 13.0. The van der Waals surface area contributed by atoms with E-state index >= 15 is 0 Å². The summed E-state index contributed by atoms with van der Waals surface area (Å²) in [6.45, 7) is 2.71. The summed E-state index contributed by atoms with van der Waals surface area (Å²) < 4.78 is 0. The number of benzene rings is 1. The minimum Gasteiger partial charge on any atom is -0.369 e. The van der Waals surface area contributed by atoms with Gasteiger partial charge in [-0.15, -0.1) is 10.2 Å². The zero-order valence-corrected chi connectivity index (χ0v) is 11.4. The highest BCUT2D eigenvalue weighted by Crippen LogP contribution is 2.13. The van der Waals surface area contributed by atoms with Crippen molar-refractivity contribution in [1.82, 2.24) is 20.2 Å². The average molecular weight is 282 g/mol. The molecule has 7 heteroatoms. The number of anilines is 2. The van der Waals surface area contributed by atoms with E-state index < -0.39 is 0 Å². The maximum absolute atomic E-state index is 12.1. The summed E-state index contributed by atoms with van der Waals surface area (Å²) in [5.41, 5.74) is 1.89. The van der Waals surface area contributed by atoms with Gasteiger partial charge in [0.05, 0.1) is 11.0 Å². The second kappa shape index (κ2) is 5.58. The van der Waals surface area contributed by atoms with Gasteiger partial charge in [-0.2, -0.15) is 0 Å². The molecule has 0 saturated carbocycles. The zero-order chi connectivity index (χ0) is 14.7. The van der Waals surface area contributed by atoms with Crippen molar-refractivity contribution in [2.75, 3.05) is 17.2 Å². The highest BCUT2D eigenvalue weighted by Gasteiger charge is 2.11. The normalized spacial score (nSPS) is 10.5. The van der Waals surface area contributed by atoms with Crippen molar-refractivity contribution in [3.63, 3.8) is 0 Å². The van der Waals surface area contributed by atoms with Crippen molar-refractivity contribution in [3.05, 3.63) is 42.1 Å². The molecule has 0 bridgehead atoms.